The Hall–Kier alpha value is -3.30. The minimum Gasteiger partial charge on any atom is -0.497 e. The Labute approximate surface area is 194 Å². The highest BCUT2D eigenvalue weighted by atomic mass is 16.6. The molecule has 1 aromatic carbocycles. The van der Waals surface area contributed by atoms with Crippen LogP contribution in [-0.4, -0.2) is 71.1 Å². The third kappa shape index (κ3) is 5.38. The van der Waals surface area contributed by atoms with Gasteiger partial charge < -0.3 is 24.7 Å². The maximum Gasteiger partial charge on any atom is 0.410 e. The van der Waals surface area contributed by atoms with Gasteiger partial charge in [0.15, 0.2) is 5.65 Å². The number of ether oxygens (including phenoxy) is 2. The van der Waals surface area contributed by atoms with Gasteiger partial charge in [-0.05, 0) is 51.7 Å². The fraction of sp³-hybridized carbons (Fsp3) is 0.478. The second-order valence-electron chi connectivity index (χ2n) is 9.25. The van der Waals surface area contributed by atoms with E-state index in [1.54, 1.807) is 18.3 Å². The van der Waals surface area contributed by atoms with Crippen LogP contribution in [0.25, 0.3) is 22.4 Å². The van der Waals surface area contributed by atoms with Crippen LogP contribution in [0.3, 0.4) is 0 Å². The lowest BCUT2D eigenvalue weighted by molar-refractivity contribution is 0.0188. The van der Waals surface area contributed by atoms with Gasteiger partial charge in [-0.15, -0.1) is 0 Å². The number of aromatic nitrogens is 4. The van der Waals surface area contributed by atoms with E-state index in [0.29, 0.717) is 54.1 Å². The van der Waals surface area contributed by atoms with E-state index in [1.165, 1.54) is 0 Å². The van der Waals surface area contributed by atoms with Crippen molar-refractivity contribution in [2.45, 2.75) is 39.2 Å². The summed E-state index contributed by atoms with van der Waals surface area (Å²) in [4.78, 5) is 30.8. The van der Waals surface area contributed by atoms with Crippen molar-refractivity contribution in [2.24, 2.45) is 5.92 Å². The first-order chi connectivity index (χ1) is 15.7. The molecule has 0 atom stereocenters. The number of benzene rings is 1. The summed E-state index contributed by atoms with van der Waals surface area (Å²) in [7, 11) is 7.69. The molecule has 0 saturated carbocycles. The van der Waals surface area contributed by atoms with Crippen LogP contribution in [0.15, 0.2) is 24.5 Å². The molecule has 0 spiro atoms. The molecule has 2 radical (unpaired) electrons. The van der Waals surface area contributed by atoms with Crippen LogP contribution in [0, 0.1) is 5.92 Å². The van der Waals surface area contributed by atoms with E-state index in [1.807, 2.05) is 39.0 Å². The van der Waals surface area contributed by atoms with E-state index in [-0.39, 0.29) is 6.09 Å². The van der Waals surface area contributed by atoms with E-state index in [0.717, 1.165) is 23.9 Å². The predicted octanol–water partition coefficient (Wildman–Crippen LogP) is 2.88. The van der Waals surface area contributed by atoms with E-state index >= 15 is 0 Å². The number of hydrogen-bond donors (Lipinski definition) is 2. The van der Waals surface area contributed by atoms with Gasteiger partial charge >= 0.3 is 6.09 Å². The van der Waals surface area contributed by atoms with Gasteiger partial charge in [-0.1, -0.05) is 11.5 Å². The fourth-order valence-electron chi connectivity index (χ4n) is 3.88. The molecule has 172 valence electrons. The average Bonchev–Trinajstić information content (AvgIpc) is 3.25. The summed E-state index contributed by atoms with van der Waals surface area (Å²) in [5, 5.41) is 3.36. The molecule has 1 aliphatic rings. The number of imidazole rings is 1. The summed E-state index contributed by atoms with van der Waals surface area (Å²) in [5.41, 5.74) is 2.94. The summed E-state index contributed by atoms with van der Waals surface area (Å²) in [6.45, 7) is 7.71. The Kier molecular flexibility index (Phi) is 6.44. The molecule has 4 rings (SSSR count). The number of rotatable bonds is 5. The Morgan fingerprint density at radius 2 is 2.03 bits per heavy atom. The number of piperidine rings is 1. The van der Waals surface area contributed by atoms with Crippen LogP contribution < -0.4 is 15.5 Å². The van der Waals surface area contributed by atoms with Crippen molar-refractivity contribution in [3.8, 4) is 17.0 Å². The van der Waals surface area contributed by atoms with Crippen LogP contribution in [-0.2, 0) is 4.74 Å². The Balaban J connectivity index is 1.43. The Morgan fingerprint density at radius 1 is 1.27 bits per heavy atom. The molecule has 3 heterocycles. The van der Waals surface area contributed by atoms with Crippen LogP contribution in [0.4, 0.5) is 10.7 Å². The zero-order valence-electron chi connectivity index (χ0n) is 19.5. The summed E-state index contributed by atoms with van der Waals surface area (Å²) in [6.07, 6.45) is 3.13. The van der Waals surface area contributed by atoms with Crippen molar-refractivity contribution in [1.29, 1.82) is 0 Å². The number of hydrogen-bond acceptors (Lipinski definition) is 7. The lowest BCUT2D eigenvalue weighted by atomic mass is 9.92. The molecule has 1 amide bonds. The molecule has 2 N–H and O–H groups in total. The van der Waals surface area contributed by atoms with E-state index in [4.69, 9.17) is 22.3 Å². The molecule has 33 heavy (non-hydrogen) atoms. The molecule has 10 heteroatoms. The highest BCUT2D eigenvalue weighted by molar-refractivity contribution is 6.34. The molecule has 9 nitrogen and oxygen atoms in total. The van der Waals surface area contributed by atoms with Gasteiger partial charge in [0.1, 0.15) is 30.4 Å². The van der Waals surface area contributed by atoms with E-state index in [9.17, 15) is 4.79 Å². The Morgan fingerprint density at radius 3 is 2.70 bits per heavy atom. The first-order valence-corrected chi connectivity index (χ1v) is 11.1. The van der Waals surface area contributed by atoms with Crippen LogP contribution in [0.5, 0.6) is 5.75 Å². The molecule has 1 aliphatic heterocycles. The second kappa shape index (κ2) is 9.29. The highest BCUT2D eigenvalue weighted by Gasteiger charge is 2.27. The minimum atomic E-state index is -0.482. The van der Waals surface area contributed by atoms with Crippen molar-refractivity contribution < 1.29 is 14.3 Å². The monoisotopic (exact) mass is 448 g/mol. The van der Waals surface area contributed by atoms with Crippen molar-refractivity contribution in [3.05, 3.63) is 24.5 Å². The highest BCUT2D eigenvalue weighted by Crippen LogP contribution is 2.26. The number of carbonyl (C=O) groups excluding carboxylic acids is 1. The normalized spacial score (nSPS) is 15.0. The summed E-state index contributed by atoms with van der Waals surface area (Å²) in [5.74, 6) is 1.53. The van der Waals surface area contributed by atoms with Crippen LogP contribution in [0.1, 0.15) is 33.6 Å². The largest absolute Gasteiger partial charge is 0.497 e. The lowest BCUT2D eigenvalue weighted by Crippen LogP contribution is -2.42. The van der Waals surface area contributed by atoms with E-state index in [2.05, 4.69) is 20.3 Å². The molecule has 2 aromatic heterocycles. The van der Waals surface area contributed by atoms with Gasteiger partial charge in [-0.2, -0.15) is 4.98 Å². The molecule has 0 bridgehead atoms. The summed E-state index contributed by atoms with van der Waals surface area (Å²) >= 11 is 0. The van der Waals surface area contributed by atoms with Crippen molar-refractivity contribution in [3.63, 3.8) is 0 Å². The summed E-state index contributed by atoms with van der Waals surface area (Å²) in [6, 6.07) is 5.56. The van der Waals surface area contributed by atoms with Crippen molar-refractivity contribution in [2.75, 3.05) is 32.1 Å². The summed E-state index contributed by atoms with van der Waals surface area (Å²) < 4.78 is 10.7. The zero-order chi connectivity index (χ0) is 23.6. The van der Waals surface area contributed by atoms with E-state index < -0.39 is 5.60 Å². The number of H-pyrrole nitrogens is 1. The molecule has 3 aromatic rings. The van der Waals surface area contributed by atoms with Gasteiger partial charge in [0.05, 0.1) is 13.4 Å². The maximum atomic E-state index is 12.3. The van der Waals surface area contributed by atoms with Crippen LogP contribution >= 0.6 is 0 Å². The van der Waals surface area contributed by atoms with Crippen molar-refractivity contribution >= 4 is 36.5 Å². The Bertz CT molecular complexity index is 1130. The smallest absolute Gasteiger partial charge is 0.410 e. The number of anilines is 1. The number of amides is 1. The predicted molar refractivity (Wildman–Crippen MR) is 128 cm³/mol. The number of fused-ring (bicyclic) bond motifs is 1. The van der Waals surface area contributed by atoms with Gasteiger partial charge in [-0.25, -0.2) is 14.8 Å². The lowest BCUT2D eigenvalue weighted by Gasteiger charge is -2.33. The van der Waals surface area contributed by atoms with Crippen molar-refractivity contribution in [1.82, 2.24) is 24.8 Å². The topological polar surface area (TPSA) is 105 Å². The van der Waals surface area contributed by atoms with Gasteiger partial charge in [0.25, 0.3) is 0 Å². The van der Waals surface area contributed by atoms with Gasteiger partial charge in [0, 0.05) is 25.2 Å². The zero-order valence-corrected chi connectivity index (χ0v) is 19.5. The standard InChI is InChI=1S/C23H29BN6O3/c1-23(2,3)33-22(31)30-9-7-14(8-10-30)12-25-21-28-18(19-20(29-21)27-13-26-19)15-5-6-17(32-4)16(24)11-15/h5-6,11,13-14H,7-10,12H2,1-4H3,(H2,25,26,27,28,29). The SMILES string of the molecule is [B]c1cc(-c2nc(NCC3CCN(C(=O)OC(C)(C)C)CC3)nc3nc[nH]c23)ccc1OC. The fourth-order valence-corrected chi connectivity index (χ4v) is 3.88. The minimum absolute atomic E-state index is 0.246. The molecule has 0 aliphatic carbocycles. The van der Waals surface area contributed by atoms with Crippen LogP contribution in [0.2, 0.25) is 0 Å². The quantitative estimate of drug-likeness (QED) is 0.579. The first kappa shape index (κ1) is 22.9. The molecular formula is C23H29BN6O3. The molecule has 0 unspecified atom stereocenters. The molecule has 1 fully saturated rings. The maximum absolute atomic E-state index is 12.3. The number of methoxy groups -OCH3 is 1. The number of likely N-dealkylation sites (tertiary alicyclic amines) is 1. The first-order valence-electron chi connectivity index (χ1n) is 11.1. The average molecular weight is 448 g/mol. The van der Waals surface area contributed by atoms with Gasteiger partial charge in [-0.3, -0.25) is 0 Å². The number of nitrogens with zero attached hydrogens (tertiary/aromatic N) is 4. The number of aromatic amines is 1. The van der Waals surface area contributed by atoms with Gasteiger partial charge in [0.2, 0.25) is 5.95 Å². The number of carbonyl (C=O) groups is 1. The number of nitrogens with one attached hydrogen (secondary N) is 2. The molecular weight excluding hydrogens is 419 g/mol. The third-order valence-electron chi connectivity index (χ3n) is 5.60. The third-order valence-corrected chi connectivity index (χ3v) is 5.60. The molecule has 1 saturated heterocycles. The second-order valence-corrected chi connectivity index (χ2v) is 9.25.